The Hall–Kier alpha value is -2.30. The molecule has 0 aliphatic heterocycles. The molecule has 2 rings (SSSR count). The fourth-order valence-corrected chi connectivity index (χ4v) is 3.66. The van der Waals surface area contributed by atoms with Gasteiger partial charge in [-0.2, -0.15) is 0 Å². The largest absolute Gasteiger partial charge is 0.493 e. The zero-order valence-electron chi connectivity index (χ0n) is 12.9. The molecule has 0 aromatic heterocycles. The maximum absolute atomic E-state index is 12.4. The molecule has 24 heavy (non-hydrogen) atoms. The second-order valence-corrected chi connectivity index (χ2v) is 7.94. The predicted molar refractivity (Wildman–Crippen MR) is 88.2 cm³/mol. The molecule has 10 heteroatoms. The van der Waals surface area contributed by atoms with Crippen LogP contribution in [-0.4, -0.2) is 31.1 Å². The maximum atomic E-state index is 12.4. The van der Waals surface area contributed by atoms with E-state index in [2.05, 4.69) is 4.72 Å². The van der Waals surface area contributed by atoms with Gasteiger partial charge in [0.2, 0.25) is 10.0 Å². The van der Waals surface area contributed by atoms with E-state index in [1.807, 2.05) is 0 Å². The second-order valence-electron chi connectivity index (χ2n) is 4.70. The van der Waals surface area contributed by atoms with Crippen molar-refractivity contribution in [1.82, 2.24) is 0 Å². The summed E-state index contributed by atoms with van der Waals surface area (Å²) < 4.78 is 60.1. The first kappa shape index (κ1) is 18.0. The number of nitrogens with one attached hydrogen (secondary N) is 1. The summed E-state index contributed by atoms with van der Waals surface area (Å²) in [5.74, 6) is 0.785. The van der Waals surface area contributed by atoms with Gasteiger partial charge in [-0.3, -0.25) is 4.72 Å². The van der Waals surface area contributed by atoms with E-state index < -0.39 is 20.0 Å². The molecule has 0 atom stereocenters. The van der Waals surface area contributed by atoms with Crippen molar-refractivity contribution >= 4 is 25.7 Å². The average molecular weight is 372 g/mol. The molecule has 0 aliphatic carbocycles. The van der Waals surface area contributed by atoms with E-state index in [1.165, 1.54) is 50.6 Å². The molecule has 130 valence electrons. The minimum atomic E-state index is -4.01. The summed E-state index contributed by atoms with van der Waals surface area (Å²) in [7, 11) is -5.13. The first-order valence-corrected chi connectivity index (χ1v) is 9.58. The van der Waals surface area contributed by atoms with Crippen LogP contribution in [0, 0.1) is 0 Å². The third-order valence-corrected chi connectivity index (χ3v) is 5.37. The van der Waals surface area contributed by atoms with Gasteiger partial charge < -0.3 is 9.47 Å². The number of primary sulfonamides is 1. The van der Waals surface area contributed by atoms with Crippen LogP contribution in [0.4, 0.5) is 5.69 Å². The molecule has 0 unspecified atom stereocenters. The SMILES string of the molecule is COc1ccc(NS(=O)(=O)c2cccc(S(N)(=O)=O)c2)cc1OC. The minimum absolute atomic E-state index is 0.230. The van der Waals surface area contributed by atoms with Crippen LogP contribution in [-0.2, 0) is 20.0 Å². The van der Waals surface area contributed by atoms with E-state index >= 15 is 0 Å². The van der Waals surface area contributed by atoms with Crippen LogP contribution in [0.1, 0.15) is 0 Å². The molecule has 0 spiro atoms. The number of hydrogen-bond acceptors (Lipinski definition) is 6. The van der Waals surface area contributed by atoms with Crippen molar-refractivity contribution < 1.29 is 26.3 Å². The highest BCUT2D eigenvalue weighted by Crippen LogP contribution is 2.30. The van der Waals surface area contributed by atoms with Gasteiger partial charge in [-0.15, -0.1) is 0 Å². The minimum Gasteiger partial charge on any atom is -0.493 e. The van der Waals surface area contributed by atoms with Crippen molar-refractivity contribution in [2.75, 3.05) is 18.9 Å². The van der Waals surface area contributed by atoms with Crippen LogP contribution in [0.25, 0.3) is 0 Å². The zero-order chi connectivity index (χ0) is 18.0. The van der Waals surface area contributed by atoms with Gasteiger partial charge in [-0.05, 0) is 30.3 Å². The van der Waals surface area contributed by atoms with Crippen molar-refractivity contribution in [1.29, 1.82) is 0 Å². The van der Waals surface area contributed by atoms with Gasteiger partial charge >= 0.3 is 0 Å². The molecule has 2 aromatic rings. The smallest absolute Gasteiger partial charge is 0.261 e. The van der Waals surface area contributed by atoms with Gasteiger partial charge in [0.25, 0.3) is 10.0 Å². The number of anilines is 1. The molecule has 0 amide bonds. The van der Waals surface area contributed by atoms with Gasteiger partial charge in [-0.25, -0.2) is 22.0 Å². The first-order chi connectivity index (χ1) is 11.2. The van der Waals surface area contributed by atoms with Gasteiger partial charge in [0.15, 0.2) is 11.5 Å². The highest BCUT2D eigenvalue weighted by Gasteiger charge is 2.18. The lowest BCUT2D eigenvalue weighted by Crippen LogP contribution is -2.16. The summed E-state index contributed by atoms with van der Waals surface area (Å²) in [5.41, 5.74) is 0.230. The average Bonchev–Trinajstić information content (AvgIpc) is 2.53. The molecule has 0 bridgehead atoms. The summed E-state index contributed by atoms with van der Waals surface area (Å²) in [6.07, 6.45) is 0. The summed E-state index contributed by atoms with van der Waals surface area (Å²) >= 11 is 0. The van der Waals surface area contributed by atoms with Gasteiger partial charge in [0, 0.05) is 6.07 Å². The fourth-order valence-electron chi connectivity index (χ4n) is 1.93. The number of rotatable bonds is 6. The molecule has 0 aliphatic rings. The third-order valence-electron chi connectivity index (χ3n) is 3.08. The molecule has 8 nitrogen and oxygen atoms in total. The second kappa shape index (κ2) is 6.67. The Kier molecular flexibility index (Phi) is 5.02. The summed E-state index contributed by atoms with van der Waals surface area (Å²) in [6, 6.07) is 9.23. The zero-order valence-corrected chi connectivity index (χ0v) is 14.5. The van der Waals surface area contributed by atoms with E-state index in [1.54, 1.807) is 0 Å². The molecule has 0 radical (unpaired) electrons. The molecular weight excluding hydrogens is 356 g/mol. The van der Waals surface area contributed by atoms with E-state index in [4.69, 9.17) is 14.6 Å². The lowest BCUT2D eigenvalue weighted by molar-refractivity contribution is 0.355. The highest BCUT2D eigenvalue weighted by molar-refractivity contribution is 7.93. The van der Waals surface area contributed by atoms with E-state index in [9.17, 15) is 16.8 Å². The third kappa shape index (κ3) is 3.96. The lowest BCUT2D eigenvalue weighted by atomic mass is 10.3. The van der Waals surface area contributed by atoms with E-state index in [-0.39, 0.29) is 15.5 Å². The van der Waals surface area contributed by atoms with Crippen molar-refractivity contribution in [2.24, 2.45) is 5.14 Å². The normalized spacial score (nSPS) is 11.8. The number of benzene rings is 2. The van der Waals surface area contributed by atoms with Gasteiger partial charge in [0.1, 0.15) is 0 Å². The van der Waals surface area contributed by atoms with Crippen molar-refractivity contribution in [2.45, 2.75) is 9.79 Å². The molecule has 0 saturated heterocycles. The van der Waals surface area contributed by atoms with Crippen LogP contribution in [0.2, 0.25) is 0 Å². The molecule has 0 saturated carbocycles. The number of nitrogens with two attached hydrogens (primary N) is 1. The molecule has 0 heterocycles. The van der Waals surface area contributed by atoms with E-state index in [0.717, 1.165) is 6.07 Å². The Bertz CT molecular complexity index is 955. The summed E-state index contributed by atoms with van der Waals surface area (Å²) in [4.78, 5) is -0.526. The Labute approximate surface area is 140 Å². The quantitative estimate of drug-likeness (QED) is 0.784. The number of ether oxygens (including phenoxy) is 2. The molecule has 3 N–H and O–H groups in total. The Morgan fingerprint density at radius 2 is 1.50 bits per heavy atom. The predicted octanol–water partition coefficient (Wildman–Crippen LogP) is 1.15. The van der Waals surface area contributed by atoms with Crippen molar-refractivity contribution in [3.8, 4) is 11.5 Å². The van der Waals surface area contributed by atoms with Crippen LogP contribution in [0.5, 0.6) is 11.5 Å². The monoisotopic (exact) mass is 372 g/mol. The van der Waals surface area contributed by atoms with Crippen LogP contribution in [0.15, 0.2) is 52.3 Å². The Morgan fingerprint density at radius 3 is 2.08 bits per heavy atom. The van der Waals surface area contributed by atoms with Crippen molar-refractivity contribution in [3.05, 3.63) is 42.5 Å². The Morgan fingerprint density at radius 1 is 0.875 bits per heavy atom. The van der Waals surface area contributed by atoms with Crippen LogP contribution < -0.4 is 19.3 Å². The van der Waals surface area contributed by atoms with Gasteiger partial charge in [0.05, 0.1) is 29.7 Å². The topological polar surface area (TPSA) is 125 Å². The standard InChI is InChI=1S/C14H16N2O6S2/c1-21-13-7-6-10(8-14(13)22-2)16-24(19,20)12-5-3-4-11(9-12)23(15,17)18/h3-9,16H,1-2H3,(H2,15,17,18). The maximum Gasteiger partial charge on any atom is 0.261 e. The summed E-state index contributed by atoms with van der Waals surface area (Å²) in [6.45, 7) is 0. The molecule has 0 fully saturated rings. The first-order valence-electron chi connectivity index (χ1n) is 6.55. The van der Waals surface area contributed by atoms with Crippen LogP contribution >= 0.6 is 0 Å². The Balaban J connectivity index is 2.39. The molecular formula is C14H16N2O6S2. The number of methoxy groups -OCH3 is 2. The molecule has 2 aromatic carbocycles. The summed E-state index contributed by atoms with van der Waals surface area (Å²) in [5, 5.41) is 5.02. The number of hydrogen-bond donors (Lipinski definition) is 2. The van der Waals surface area contributed by atoms with E-state index in [0.29, 0.717) is 11.5 Å². The number of sulfonamides is 2. The van der Waals surface area contributed by atoms with Crippen LogP contribution in [0.3, 0.4) is 0 Å². The lowest BCUT2D eigenvalue weighted by Gasteiger charge is -2.12. The van der Waals surface area contributed by atoms with Gasteiger partial charge in [-0.1, -0.05) is 6.07 Å². The highest BCUT2D eigenvalue weighted by atomic mass is 32.2. The fraction of sp³-hybridized carbons (Fsp3) is 0.143. The van der Waals surface area contributed by atoms with Crippen molar-refractivity contribution in [3.63, 3.8) is 0 Å².